The molecule has 1 amide bonds. The summed E-state index contributed by atoms with van der Waals surface area (Å²) in [6.07, 6.45) is 1.57. The van der Waals surface area contributed by atoms with Crippen LogP contribution in [0.1, 0.15) is 12.8 Å². The van der Waals surface area contributed by atoms with E-state index in [1.165, 1.54) is 7.11 Å². The van der Waals surface area contributed by atoms with Crippen LogP contribution in [0.2, 0.25) is 0 Å². The predicted molar refractivity (Wildman–Crippen MR) is 31.3 cm³/mol. The summed E-state index contributed by atoms with van der Waals surface area (Å²) >= 11 is 0. The van der Waals surface area contributed by atoms with Gasteiger partial charge in [0.1, 0.15) is 5.60 Å². The van der Waals surface area contributed by atoms with E-state index in [1.54, 1.807) is 0 Å². The van der Waals surface area contributed by atoms with Gasteiger partial charge in [0, 0.05) is 7.11 Å². The maximum Gasteiger partial charge on any atom is 0.266 e. The normalized spacial score (nSPS) is 21.1. The number of hydrogen-bond donors (Lipinski definition) is 2. The first-order chi connectivity index (χ1) is 4.25. The number of carbonyl (C=O) groups is 1. The lowest BCUT2D eigenvalue weighted by molar-refractivity contribution is -0.133. The molecule has 0 saturated heterocycles. The van der Waals surface area contributed by atoms with Gasteiger partial charge >= 0.3 is 0 Å². The molecule has 0 bridgehead atoms. The molecule has 0 heterocycles. The third kappa shape index (κ3) is 0.906. The van der Waals surface area contributed by atoms with Crippen molar-refractivity contribution >= 4 is 5.91 Å². The van der Waals surface area contributed by atoms with Crippen molar-refractivity contribution in [2.75, 3.05) is 7.11 Å². The highest BCUT2D eigenvalue weighted by Gasteiger charge is 2.50. The summed E-state index contributed by atoms with van der Waals surface area (Å²) in [6, 6.07) is 0. The van der Waals surface area contributed by atoms with Crippen LogP contribution in [0.3, 0.4) is 0 Å². The van der Waals surface area contributed by atoms with E-state index in [-0.39, 0.29) is 5.91 Å². The SMILES string of the molecule is COC1(C(=O)NN)CC1. The van der Waals surface area contributed by atoms with E-state index in [1.807, 2.05) is 0 Å². The molecule has 4 nitrogen and oxygen atoms in total. The standard InChI is InChI=1S/C5H10N2O2/c1-9-5(2-3-5)4(8)7-6/h2-3,6H2,1H3,(H,7,8). The molecule has 1 aliphatic rings. The minimum absolute atomic E-state index is 0.218. The number of nitrogens with one attached hydrogen (secondary N) is 1. The van der Waals surface area contributed by atoms with E-state index in [0.29, 0.717) is 0 Å². The molecule has 0 aromatic carbocycles. The van der Waals surface area contributed by atoms with Gasteiger partial charge in [-0.05, 0) is 12.8 Å². The van der Waals surface area contributed by atoms with Gasteiger partial charge in [0.25, 0.3) is 5.91 Å². The fourth-order valence-electron chi connectivity index (χ4n) is 0.769. The largest absolute Gasteiger partial charge is 0.368 e. The van der Waals surface area contributed by atoms with Crippen LogP contribution in [0, 0.1) is 0 Å². The monoisotopic (exact) mass is 130 g/mol. The highest BCUT2D eigenvalue weighted by molar-refractivity contribution is 5.87. The zero-order valence-corrected chi connectivity index (χ0v) is 5.31. The Kier molecular flexibility index (Phi) is 1.42. The summed E-state index contributed by atoms with van der Waals surface area (Å²) in [5, 5.41) is 0. The molecule has 1 saturated carbocycles. The summed E-state index contributed by atoms with van der Waals surface area (Å²) < 4.78 is 4.91. The van der Waals surface area contributed by atoms with E-state index in [9.17, 15) is 4.79 Å². The number of carbonyl (C=O) groups excluding carboxylic acids is 1. The molecule has 0 aromatic rings. The molecule has 0 aromatic heterocycles. The van der Waals surface area contributed by atoms with Crippen LogP contribution in [0.4, 0.5) is 0 Å². The Hall–Kier alpha value is -0.610. The summed E-state index contributed by atoms with van der Waals surface area (Å²) in [5.74, 6) is 4.68. The van der Waals surface area contributed by atoms with Crippen molar-refractivity contribution in [3.63, 3.8) is 0 Å². The van der Waals surface area contributed by atoms with Gasteiger partial charge in [0.15, 0.2) is 0 Å². The molecule has 0 radical (unpaired) electrons. The molecule has 1 rings (SSSR count). The number of nitrogens with two attached hydrogens (primary N) is 1. The van der Waals surface area contributed by atoms with Crippen molar-refractivity contribution < 1.29 is 9.53 Å². The molecule has 1 aliphatic carbocycles. The van der Waals surface area contributed by atoms with Gasteiger partial charge in [-0.1, -0.05) is 0 Å². The Labute approximate surface area is 53.3 Å². The van der Waals surface area contributed by atoms with Crippen molar-refractivity contribution in [2.45, 2.75) is 18.4 Å². The van der Waals surface area contributed by atoms with Crippen molar-refractivity contribution in [1.29, 1.82) is 0 Å². The van der Waals surface area contributed by atoms with Crippen molar-refractivity contribution in [3.05, 3.63) is 0 Å². The average Bonchev–Trinajstić information content (AvgIpc) is 2.66. The van der Waals surface area contributed by atoms with Crippen molar-refractivity contribution in [2.24, 2.45) is 5.84 Å². The molecule has 4 heteroatoms. The number of amides is 1. The fourth-order valence-corrected chi connectivity index (χ4v) is 0.769. The smallest absolute Gasteiger partial charge is 0.266 e. The number of methoxy groups -OCH3 is 1. The topological polar surface area (TPSA) is 64.3 Å². The molecule has 0 aliphatic heterocycles. The van der Waals surface area contributed by atoms with E-state index in [4.69, 9.17) is 10.6 Å². The molecular formula is C5H10N2O2. The summed E-state index contributed by atoms with van der Waals surface area (Å²) in [6.45, 7) is 0. The Morgan fingerprint density at radius 3 is 2.44 bits per heavy atom. The number of rotatable bonds is 2. The Bertz CT molecular complexity index is 131. The summed E-state index contributed by atoms with van der Waals surface area (Å²) in [5.41, 5.74) is 1.48. The molecule has 9 heavy (non-hydrogen) atoms. The van der Waals surface area contributed by atoms with Crippen LogP contribution in [-0.4, -0.2) is 18.6 Å². The molecule has 52 valence electrons. The highest BCUT2D eigenvalue weighted by atomic mass is 16.5. The number of hydrogen-bond acceptors (Lipinski definition) is 3. The predicted octanol–water partition coefficient (Wildman–Crippen LogP) is -0.845. The van der Waals surface area contributed by atoms with Crippen LogP contribution >= 0.6 is 0 Å². The van der Waals surface area contributed by atoms with Gasteiger partial charge in [-0.15, -0.1) is 0 Å². The quantitative estimate of drug-likeness (QED) is 0.291. The summed E-state index contributed by atoms with van der Waals surface area (Å²) in [7, 11) is 1.52. The second kappa shape index (κ2) is 1.97. The zero-order valence-electron chi connectivity index (χ0n) is 5.31. The van der Waals surface area contributed by atoms with E-state index >= 15 is 0 Å². The third-order valence-electron chi connectivity index (χ3n) is 1.64. The van der Waals surface area contributed by atoms with Crippen molar-refractivity contribution in [3.8, 4) is 0 Å². The Balaban J connectivity index is 2.49. The van der Waals surface area contributed by atoms with Crippen LogP contribution in [0.15, 0.2) is 0 Å². The van der Waals surface area contributed by atoms with Crippen LogP contribution in [0.25, 0.3) is 0 Å². The third-order valence-corrected chi connectivity index (χ3v) is 1.64. The molecule has 0 spiro atoms. The second-order valence-corrected chi connectivity index (χ2v) is 2.17. The van der Waals surface area contributed by atoms with Crippen molar-refractivity contribution in [1.82, 2.24) is 5.43 Å². The minimum Gasteiger partial charge on any atom is -0.368 e. The number of ether oxygens (including phenoxy) is 1. The lowest BCUT2D eigenvalue weighted by atomic mass is 10.3. The fraction of sp³-hybridized carbons (Fsp3) is 0.800. The average molecular weight is 130 g/mol. The van der Waals surface area contributed by atoms with E-state index in [2.05, 4.69) is 5.43 Å². The van der Waals surface area contributed by atoms with Gasteiger partial charge in [0.2, 0.25) is 0 Å². The lowest BCUT2D eigenvalue weighted by Gasteiger charge is -2.09. The molecule has 3 N–H and O–H groups in total. The van der Waals surface area contributed by atoms with Gasteiger partial charge in [-0.3, -0.25) is 10.2 Å². The van der Waals surface area contributed by atoms with Crippen LogP contribution < -0.4 is 11.3 Å². The maximum absolute atomic E-state index is 10.8. The first-order valence-electron chi connectivity index (χ1n) is 2.81. The van der Waals surface area contributed by atoms with Gasteiger partial charge < -0.3 is 4.74 Å². The second-order valence-electron chi connectivity index (χ2n) is 2.17. The number of hydrazine groups is 1. The highest BCUT2D eigenvalue weighted by Crippen LogP contribution is 2.38. The van der Waals surface area contributed by atoms with E-state index in [0.717, 1.165) is 12.8 Å². The zero-order chi connectivity index (χ0) is 6.91. The minimum atomic E-state index is -0.575. The molecular weight excluding hydrogens is 120 g/mol. The van der Waals surface area contributed by atoms with Gasteiger partial charge in [-0.25, -0.2) is 5.84 Å². The maximum atomic E-state index is 10.8. The molecule has 0 unspecified atom stereocenters. The Morgan fingerprint density at radius 1 is 1.78 bits per heavy atom. The molecule has 1 fully saturated rings. The van der Waals surface area contributed by atoms with Gasteiger partial charge in [-0.2, -0.15) is 0 Å². The van der Waals surface area contributed by atoms with E-state index < -0.39 is 5.60 Å². The first kappa shape index (κ1) is 6.51. The Morgan fingerprint density at radius 2 is 2.33 bits per heavy atom. The van der Waals surface area contributed by atoms with Gasteiger partial charge in [0.05, 0.1) is 0 Å². The lowest BCUT2D eigenvalue weighted by Crippen LogP contribution is -2.41. The van der Waals surface area contributed by atoms with Crippen LogP contribution in [-0.2, 0) is 9.53 Å². The summed E-state index contributed by atoms with van der Waals surface area (Å²) in [4.78, 5) is 10.8. The van der Waals surface area contributed by atoms with Crippen LogP contribution in [0.5, 0.6) is 0 Å². The molecule has 0 atom stereocenters. The first-order valence-corrected chi connectivity index (χ1v) is 2.81.